The fourth-order valence-corrected chi connectivity index (χ4v) is 12.4. The molecule has 0 saturated carbocycles. The third-order valence-corrected chi connectivity index (χ3v) is 18.2. The Morgan fingerprint density at radius 3 is 0.838 bits per heavy atom. The Morgan fingerprint density at radius 2 is 0.562 bits per heavy atom. The van der Waals surface area contributed by atoms with E-state index in [0.29, 0.717) is 52.7 Å². The van der Waals surface area contributed by atoms with Gasteiger partial charge in [-0.25, -0.2) is 9.13 Å². The van der Waals surface area contributed by atoms with Gasteiger partial charge in [-0.15, -0.1) is 0 Å². The van der Waals surface area contributed by atoms with Crippen molar-refractivity contribution in [1.82, 2.24) is 4.90 Å². The van der Waals surface area contributed by atoms with Crippen LogP contribution >= 0.6 is 31.6 Å². The molecule has 0 aliphatic rings. The van der Waals surface area contributed by atoms with E-state index in [1.807, 2.05) is 0 Å². The van der Waals surface area contributed by atoms with Crippen molar-refractivity contribution in [1.29, 1.82) is 0 Å². The van der Waals surface area contributed by atoms with E-state index >= 15 is 0 Å². The zero-order chi connectivity index (χ0) is 58.8. The summed E-state index contributed by atoms with van der Waals surface area (Å²) < 4.78 is 65.8. The first-order chi connectivity index (χ1) is 39.2. The third-order valence-electron chi connectivity index (χ3n) is 14.7. The van der Waals surface area contributed by atoms with Gasteiger partial charge in [0.25, 0.3) is 0 Å². The molecule has 80 heavy (non-hydrogen) atoms. The van der Waals surface area contributed by atoms with Crippen molar-refractivity contribution in [2.24, 2.45) is 0 Å². The molecule has 0 bridgehead atoms. The van der Waals surface area contributed by atoms with E-state index in [0.717, 1.165) is 166 Å². The molecular weight excluding hydrogens is 1110 g/mol. The van der Waals surface area contributed by atoms with E-state index < -0.39 is 15.6 Å². The number of rotatable bonds is 67. The van der Waals surface area contributed by atoms with Gasteiger partial charge < -0.3 is 14.7 Å². The second-order valence-corrected chi connectivity index (χ2v) is 26.7. The number of ether oxygens (including phenoxy) is 1. The highest BCUT2D eigenvalue weighted by atomic mass is 79.9. The molecule has 0 fully saturated rings. The van der Waals surface area contributed by atoms with Crippen LogP contribution in [0.1, 0.15) is 336 Å². The molecule has 0 aliphatic heterocycles. The lowest BCUT2D eigenvalue weighted by Gasteiger charge is -2.21. The summed E-state index contributed by atoms with van der Waals surface area (Å²) in [6.45, 7) is 17.3. The zero-order valence-corrected chi connectivity index (χ0v) is 56.8. The van der Waals surface area contributed by atoms with E-state index in [-0.39, 0.29) is 12.6 Å². The molecule has 0 spiro atoms. The van der Waals surface area contributed by atoms with Crippen molar-refractivity contribution in [2.45, 2.75) is 336 Å². The Hall–Kier alpha value is 0.0900. The summed E-state index contributed by atoms with van der Waals surface area (Å²) in [5.41, 5.74) is 0. The molecule has 1 N–H and O–H groups in total. The topological polar surface area (TPSA) is 139 Å². The first-order valence-electron chi connectivity index (χ1n) is 34.3. The summed E-state index contributed by atoms with van der Waals surface area (Å²) in [7, 11) is -6.92. The second-order valence-electron chi connectivity index (χ2n) is 22.6. The smallest absolute Gasteiger partial charge is 0.466 e. The fourth-order valence-electron chi connectivity index (χ4n) is 9.44. The van der Waals surface area contributed by atoms with Gasteiger partial charge in [-0.3, -0.25) is 31.9 Å². The first-order valence-corrected chi connectivity index (χ1v) is 38.4. The van der Waals surface area contributed by atoms with Gasteiger partial charge in [-0.1, -0.05) is 275 Å². The number of nitrogens with zero attached hydrogens (tertiary/aromatic N) is 1. The number of carbonyl (C=O) groups excluding carboxylic acids is 1. The van der Waals surface area contributed by atoms with Crippen LogP contribution in [-0.4, -0.2) is 93.8 Å². The van der Waals surface area contributed by atoms with Gasteiger partial charge in [0.05, 0.1) is 52.9 Å². The Balaban J connectivity index is 0. The Bertz CT molecular complexity index is 1230. The van der Waals surface area contributed by atoms with Crippen LogP contribution in [0.3, 0.4) is 0 Å². The highest BCUT2D eigenvalue weighted by Gasteiger charge is 2.27. The molecule has 0 aliphatic carbocycles. The molecule has 482 valence electrons. The predicted octanol–water partition coefficient (Wildman–Crippen LogP) is 22.0. The Morgan fingerprint density at radius 1 is 0.325 bits per heavy atom. The van der Waals surface area contributed by atoms with Crippen LogP contribution in [0.25, 0.3) is 0 Å². The van der Waals surface area contributed by atoms with Crippen LogP contribution in [-0.2, 0) is 45.8 Å². The second kappa shape index (κ2) is 68.2. The molecule has 12 nitrogen and oxygen atoms in total. The van der Waals surface area contributed by atoms with Crippen molar-refractivity contribution in [2.75, 3.05) is 77.8 Å². The van der Waals surface area contributed by atoms with E-state index in [9.17, 15) is 19.0 Å². The highest BCUT2D eigenvalue weighted by molar-refractivity contribution is 9.09. The quantitative estimate of drug-likeness (QED) is 0.0268. The summed E-state index contributed by atoms with van der Waals surface area (Å²) in [6.07, 6.45) is 53.5. The minimum atomic E-state index is -3.51. The van der Waals surface area contributed by atoms with E-state index in [4.69, 9.17) is 31.9 Å². The molecule has 0 heterocycles. The average Bonchev–Trinajstić information content (AvgIpc) is 3.45. The normalized spacial score (nSPS) is 11.9. The Kier molecular flexibility index (Phi) is 70.0. The number of aliphatic hydroxyl groups excluding tert-OH is 1. The number of hydrogen-bond donors (Lipinski definition) is 1. The molecule has 0 saturated heterocycles. The maximum Gasteiger partial charge on any atom is 0.474 e. The molecule has 0 aromatic rings. The highest BCUT2D eigenvalue weighted by Crippen LogP contribution is 2.51. The Labute approximate surface area is 505 Å². The number of phosphoric ester groups is 2. The van der Waals surface area contributed by atoms with Gasteiger partial charge in [0, 0.05) is 18.3 Å². The van der Waals surface area contributed by atoms with Crippen LogP contribution in [0.4, 0.5) is 0 Å². The van der Waals surface area contributed by atoms with E-state index in [1.165, 1.54) is 154 Å². The minimum Gasteiger partial charge on any atom is -0.466 e. The summed E-state index contributed by atoms with van der Waals surface area (Å²) in [5.74, 6) is -0.0386. The summed E-state index contributed by atoms with van der Waals surface area (Å²) in [5, 5.41) is 10.6. The molecule has 0 unspecified atom stereocenters. The van der Waals surface area contributed by atoms with Gasteiger partial charge in [-0.2, -0.15) is 0 Å². The van der Waals surface area contributed by atoms with E-state index in [1.54, 1.807) is 0 Å². The predicted molar refractivity (Wildman–Crippen MR) is 345 cm³/mol. The summed E-state index contributed by atoms with van der Waals surface area (Å²) >= 11 is 3.46. The number of unbranched alkanes of at least 4 members (excludes halogenated alkanes) is 38. The summed E-state index contributed by atoms with van der Waals surface area (Å²) in [4.78, 5) is 14.4. The lowest BCUT2D eigenvalue weighted by molar-refractivity contribution is -0.143. The molecule has 15 heteroatoms. The fraction of sp³-hybridized carbons (Fsp3) is 0.985. The van der Waals surface area contributed by atoms with Crippen LogP contribution in [0.2, 0.25) is 0 Å². The van der Waals surface area contributed by atoms with Crippen molar-refractivity contribution < 1.29 is 50.9 Å². The number of alkyl halides is 1. The number of phosphoric acid groups is 2. The third kappa shape index (κ3) is 64.1. The number of aliphatic hydroxyl groups is 1. The number of hydrogen-bond acceptors (Lipinski definition) is 12. The van der Waals surface area contributed by atoms with Crippen LogP contribution in [0.15, 0.2) is 0 Å². The minimum absolute atomic E-state index is 0.0386. The van der Waals surface area contributed by atoms with Crippen molar-refractivity contribution >= 4 is 37.5 Å². The molecule has 0 radical (unpaired) electrons. The van der Waals surface area contributed by atoms with Crippen molar-refractivity contribution in [3.63, 3.8) is 0 Å². The molecule has 0 rings (SSSR count). The van der Waals surface area contributed by atoms with Crippen LogP contribution < -0.4 is 0 Å². The zero-order valence-electron chi connectivity index (χ0n) is 53.5. The summed E-state index contributed by atoms with van der Waals surface area (Å²) in [6, 6.07) is 0. The lowest BCUT2D eigenvalue weighted by atomic mass is 10.1. The van der Waals surface area contributed by atoms with Crippen molar-refractivity contribution in [3.8, 4) is 0 Å². The molecule has 0 aromatic carbocycles. The van der Waals surface area contributed by atoms with Gasteiger partial charge in [0.1, 0.15) is 0 Å². The van der Waals surface area contributed by atoms with Gasteiger partial charge in [0.15, 0.2) is 0 Å². The number of carbonyl (C=O) groups is 1. The molecule has 0 amide bonds. The number of halogens is 1. The number of esters is 1. The molecular formula is C65H134BrNO11P2. The van der Waals surface area contributed by atoms with E-state index in [2.05, 4.69) is 55.4 Å². The largest absolute Gasteiger partial charge is 0.474 e. The van der Waals surface area contributed by atoms with Gasteiger partial charge in [-0.05, 0) is 83.7 Å². The molecule has 0 atom stereocenters. The van der Waals surface area contributed by atoms with Crippen molar-refractivity contribution in [3.05, 3.63) is 0 Å². The monoisotopic (exact) mass is 1250 g/mol. The van der Waals surface area contributed by atoms with Gasteiger partial charge in [0.2, 0.25) is 0 Å². The standard InChI is InChI=1S/C42H86NO7P.C23H48BrO4P/c1-4-7-10-13-16-22-29-38-47-42(45)33-26-19-17-20-27-34-43(36-37-44)35-28-21-18-25-32-41-50-51(46,48-39-30-23-14-11-8-5-2)49-40-31-24-15-12-9-6-3;1-3-5-7-9-13-17-21-26-29(25,27-22-18-14-10-8-6-4-2)28-23-19-15-11-12-16-20-24/h44H,4-41H2,1-3H3;3-23H2,1-2H3. The van der Waals surface area contributed by atoms with Gasteiger partial charge >= 0.3 is 21.6 Å². The van der Waals surface area contributed by atoms with Crippen LogP contribution in [0, 0.1) is 0 Å². The first kappa shape index (κ1) is 82.2. The maximum absolute atomic E-state index is 13.3. The molecule has 0 aromatic heterocycles. The maximum atomic E-state index is 13.3. The SMILES string of the molecule is CCCCCCCCCOC(=O)CCCCCCCN(CCO)CCCCCCCOP(=O)(OCCCCCCCC)OCCCCCCCC.CCCCCCCCOP(=O)(OCCCCCCCC)OCCCCCCCBr. The lowest BCUT2D eigenvalue weighted by Crippen LogP contribution is -2.29. The average molecular weight is 1250 g/mol. The van der Waals surface area contributed by atoms with Crippen LogP contribution in [0.5, 0.6) is 0 Å².